The first-order valence-corrected chi connectivity index (χ1v) is 9.77. The van der Waals surface area contributed by atoms with Gasteiger partial charge < -0.3 is 25.8 Å². The van der Waals surface area contributed by atoms with Crippen molar-refractivity contribution in [2.45, 2.75) is 83.4 Å². The van der Waals surface area contributed by atoms with Crippen LogP contribution in [0.5, 0.6) is 0 Å². The standard InChI is InChI=1S/C19H39N3O3/c1-19(2,3)25-18(23)21-13-17(15-9-6-5-7-10-15)22-16(14-24-4)11-8-12-20/h15-17,22H,5-14,20H2,1-4H3,(H,21,23). The molecule has 6 heteroatoms. The molecule has 0 heterocycles. The number of alkyl carbamates (subject to hydrolysis) is 1. The Hall–Kier alpha value is -0.850. The molecule has 6 nitrogen and oxygen atoms in total. The van der Waals surface area contributed by atoms with E-state index in [1.807, 2.05) is 20.8 Å². The van der Waals surface area contributed by atoms with Crippen LogP contribution >= 0.6 is 0 Å². The van der Waals surface area contributed by atoms with Crippen LogP contribution in [0.3, 0.4) is 0 Å². The lowest BCUT2D eigenvalue weighted by atomic mass is 9.83. The number of rotatable bonds is 10. The summed E-state index contributed by atoms with van der Waals surface area (Å²) in [6.45, 7) is 7.57. The molecule has 0 spiro atoms. The van der Waals surface area contributed by atoms with E-state index in [9.17, 15) is 4.79 Å². The monoisotopic (exact) mass is 357 g/mol. The smallest absolute Gasteiger partial charge is 0.407 e. The minimum Gasteiger partial charge on any atom is -0.444 e. The van der Waals surface area contributed by atoms with Gasteiger partial charge in [0.15, 0.2) is 0 Å². The van der Waals surface area contributed by atoms with Crippen molar-refractivity contribution in [3.05, 3.63) is 0 Å². The summed E-state index contributed by atoms with van der Waals surface area (Å²) in [6, 6.07) is 0.506. The number of hydrogen-bond acceptors (Lipinski definition) is 5. The fraction of sp³-hybridized carbons (Fsp3) is 0.947. The number of ether oxygens (including phenoxy) is 2. The highest BCUT2D eigenvalue weighted by molar-refractivity contribution is 5.67. The second-order valence-corrected chi connectivity index (χ2v) is 8.14. The van der Waals surface area contributed by atoms with E-state index in [2.05, 4.69) is 10.6 Å². The van der Waals surface area contributed by atoms with Crippen LogP contribution in [-0.2, 0) is 9.47 Å². The Morgan fingerprint density at radius 2 is 1.92 bits per heavy atom. The molecular weight excluding hydrogens is 318 g/mol. The first-order chi connectivity index (χ1) is 11.9. The van der Waals surface area contributed by atoms with Crippen molar-refractivity contribution in [3.63, 3.8) is 0 Å². The van der Waals surface area contributed by atoms with Crippen LogP contribution in [0.25, 0.3) is 0 Å². The topological polar surface area (TPSA) is 85.6 Å². The second-order valence-electron chi connectivity index (χ2n) is 8.14. The Labute approximate surface area is 153 Å². The molecule has 0 saturated heterocycles. The van der Waals surface area contributed by atoms with Gasteiger partial charge in [-0.05, 0) is 58.9 Å². The molecule has 1 rings (SSSR count). The van der Waals surface area contributed by atoms with Crippen molar-refractivity contribution in [2.75, 3.05) is 26.8 Å². The van der Waals surface area contributed by atoms with E-state index in [0.717, 1.165) is 12.8 Å². The van der Waals surface area contributed by atoms with Crippen molar-refractivity contribution >= 4 is 6.09 Å². The maximum Gasteiger partial charge on any atom is 0.407 e. The molecule has 1 amide bonds. The normalized spacial score (nSPS) is 18.6. The van der Waals surface area contributed by atoms with Gasteiger partial charge >= 0.3 is 6.09 Å². The van der Waals surface area contributed by atoms with Crippen LogP contribution in [-0.4, -0.2) is 50.6 Å². The fourth-order valence-electron chi connectivity index (χ4n) is 3.49. The first kappa shape index (κ1) is 22.2. The highest BCUT2D eigenvalue weighted by Crippen LogP contribution is 2.27. The summed E-state index contributed by atoms with van der Waals surface area (Å²) in [5, 5.41) is 6.68. The quantitative estimate of drug-likeness (QED) is 0.560. The number of hydrogen-bond donors (Lipinski definition) is 3. The Morgan fingerprint density at radius 3 is 2.48 bits per heavy atom. The van der Waals surface area contributed by atoms with Gasteiger partial charge in [0.25, 0.3) is 0 Å². The zero-order valence-corrected chi connectivity index (χ0v) is 16.6. The predicted octanol–water partition coefficient (Wildman–Crippen LogP) is 2.80. The lowest BCUT2D eigenvalue weighted by Crippen LogP contribution is -2.51. The van der Waals surface area contributed by atoms with E-state index in [4.69, 9.17) is 15.2 Å². The summed E-state index contributed by atoms with van der Waals surface area (Å²) in [5.41, 5.74) is 5.19. The highest BCUT2D eigenvalue weighted by Gasteiger charge is 2.27. The molecule has 2 atom stereocenters. The molecule has 4 N–H and O–H groups in total. The molecule has 1 aliphatic carbocycles. The molecule has 1 aliphatic rings. The largest absolute Gasteiger partial charge is 0.444 e. The minimum atomic E-state index is -0.475. The zero-order chi connectivity index (χ0) is 18.7. The maximum atomic E-state index is 12.0. The summed E-state index contributed by atoms with van der Waals surface area (Å²) in [4.78, 5) is 12.0. The Morgan fingerprint density at radius 1 is 1.24 bits per heavy atom. The van der Waals surface area contributed by atoms with E-state index in [1.165, 1.54) is 32.1 Å². The van der Waals surface area contributed by atoms with Crippen molar-refractivity contribution in [1.82, 2.24) is 10.6 Å². The van der Waals surface area contributed by atoms with E-state index < -0.39 is 5.60 Å². The molecule has 0 aromatic carbocycles. The van der Waals surface area contributed by atoms with Gasteiger partial charge in [-0.25, -0.2) is 4.79 Å². The number of methoxy groups -OCH3 is 1. The third kappa shape index (κ3) is 10.0. The summed E-state index contributed by atoms with van der Waals surface area (Å²) < 4.78 is 10.7. The van der Waals surface area contributed by atoms with Gasteiger partial charge in [0.2, 0.25) is 0 Å². The van der Waals surface area contributed by atoms with Crippen LogP contribution < -0.4 is 16.4 Å². The van der Waals surface area contributed by atoms with Crippen LogP contribution in [0.2, 0.25) is 0 Å². The third-order valence-electron chi connectivity index (χ3n) is 4.66. The van der Waals surface area contributed by atoms with E-state index >= 15 is 0 Å². The maximum absolute atomic E-state index is 12.0. The third-order valence-corrected chi connectivity index (χ3v) is 4.66. The summed E-state index contributed by atoms with van der Waals surface area (Å²) in [6.07, 6.45) is 7.89. The second kappa shape index (κ2) is 11.7. The molecule has 1 fully saturated rings. The number of carbonyl (C=O) groups excluding carboxylic acids is 1. The Bertz CT molecular complexity index is 365. The fourth-order valence-corrected chi connectivity index (χ4v) is 3.49. The van der Waals surface area contributed by atoms with E-state index in [1.54, 1.807) is 7.11 Å². The molecule has 1 saturated carbocycles. The number of nitrogens with one attached hydrogen (secondary N) is 2. The van der Waals surface area contributed by atoms with Gasteiger partial charge in [0.1, 0.15) is 5.60 Å². The Balaban J connectivity index is 2.62. The minimum absolute atomic E-state index is 0.241. The van der Waals surface area contributed by atoms with E-state index in [0.29, 0.717) is 25.6 Å². The molecule has 148 valence electrons. The number of carbonyl (C=O) groups is 1. The lowest BCUT2D eigenvalue weighted by molar-refractivity contribution is 0.0511. The first-order valence-electron chi connectivity index (χ1n) is 9.77. The van der Waals surface area contributed by atoms with Crippen LogP contribution in [0.1, 0.15) is 65.7 Å². The molecule has 0 bridgehead atoms. The molecule has 0 aromatic rings. The molecule has 0 aromatic heterocycles. The van der Waals surface area contributed by atoms with Crippen LogP contribution in [0, 0.1) is 5.92 Å². The van der Waals surface area contributed by atoms with E-state index in [-0.39, 0.29) is 18.2 Å². The molecule has 2 unspecified atom stereocenters. The molecule has 0 aliphatic heterocycles. The SMILES string of the molecule is COCC(CCCN)NC(CNC(=O)OC(C)(C)C)C1CCCCC1. The van der Waals surface area contributed by atoms with Crippen molar-refractivity contribution in [2.24, 2.45) is 11.7 Å². The average Bonchev–Trinajstić information content (AvgIpc) is 2.55. The van der Waals surface area contributed by atoms with Gasteiger partial charge in [-0.15, -0.1) is 0 Å². The van der Waals surface area contributed by atoms with Crippen LogP contribution in [0.15, 0.2) is 0 Å². The summed E-state index contributed by atoms with van der Waals surface area (Å²) >= 11 is 0. The van der Waals surface area contributed by atoms with Gasteiger partial charge in [-0.2, -0.15) is 0 Å². The van der Waals surface area contributed by atoms with Crippen molar-refractivity contribution in [1.29, 1.82) is 0 Å². The molecule has 0 radical (unpaired) electrons. The van der Waals surface area contributed by atoms with Crippen LogP contribution in [0.4, 0.5) is 4.79 Å². The number of amides is 1. The summed E-state index contributed by atoms with van der Waals surface area (Å²) in [5.74, 6) is 0.584. The predicted molar refractivity (Wildman–Crippen MR) is 102 cm³/mol. The highest BCUT2D eigenvalue weighted by atomic mass is 16.6. The molecule has 25 heavy (non-hydrogen) atoms. The average molecular weight is 358 g/mol. The van der Waals surface area contributed by atoms with Gasteiger partial charge in [-0.3, -0.25) is 0 Å². The van der Waals surface area contributed by atoms with Gasteiger partial charge in [0.05, 0.1) is 6.61 Å². The Kier molecular flexibility index (Phi) is 10.4. The van der Waals surface area contributed by atoms with Crippen molar-refractivity contribution in [3.8, 4) is 0 Å². The molecular formula is C19H39N3O3. The van der Waals surface area contributed by atoms with Gasteiger partial charge in [0, 0.05) is 25.7 Å². The number of nitrogens with two attached hydrogens (primary N) is 1. The van der Waals surface area contributed by atoms with Crippen molar-refractivity contribution < 1.29 is 14.3 Å². The lowest BCUT2D eigenvalue weighted by Gasteiger charge is -2.34. The summed E-state index contributed by atoms with van der Waals surface area (Å²) in [7, 11) is 1.73. The van der Waals surface area contributed by atoms with Gasteiger partial charge in [-0.1, -0.05) is 19.3 Å². The zero-order valence-electron chi connectivity index (χ0n) is 16.6.